The van der Waals surface area contributed by atoms with Crippen LogP contribution in [0.25, 0.3) is 0 Å². The summed E-state index contributed by atoms with van der Waals surface area (Å²) in [7, 11) is 2.38. The smallest absolute Gasteiger partial charge is 0.102 e. The van der Waals surface area contributed by atoms with Gasteiger partial charge in [-0.15, -0.1) is 0 Å². The van der Waals surface area contributed by atoms with Crippen molar-refractivity contribution in [1.82, 2.24) is 0 Å². The standard InChI is InChI=1S/C12H26NO/c1-3-4-5-6-7-8-13(2)9-11-14-12-10-13/h3-12H2,1-2H3/q+1. The van der Waals surface area contributed by atoms with E-state index >= 15 is 0 Å². The Balaban J connectivity index is 2.03. The van der Waals surface area contributed by atoms with Crippen molar-refractivity contribution in [3.63, 3.8) is 0 Å². The van der Waals surface area contributed by atoms with Gasteiger partial charge in [-0.2, -0.15) is 0 Å². The lowest BCUT2D eigenvalue weighted by molar-refractivity contribution is -0.917. The molecule has 0 bridgehead atoms. The first-order valence-electron chi connectivity index (χ1n) is 6.18. The van der Waals surface area contributed by atoms with Crippen LogP contribution in [0.1, 0.15) is 39.0 Å². The summed E-state index contributed by atoms with van der Waals surface area (Å²) >= 11 is 0. The third-order valence-corrected chi connectivity index (χ3v) is 3.35. The van der Waals surface area contributed by atoms with Gasteiger partial charge in [-0.05, 0) is 12.8 Å². The number of quaternary nitrogens is 1. The van der Waals surface area contributed by atoms with Gasteiger partial charge in [0.05, 0.1) is 26.8 Å². The monoisotopic (exact) mass is 200 g/mol. The van der Waals surface area contributed by atoms with Gasteiger partial charge < -0.3 is 9.22 Å². The van der Waals surface area contributed by atoms with Crippen molar-refractivity contribution in [2.45, 2.75) is 39.0 Å². The average molecular weight is 200 g/mol. The van der Waals surface area contributed by atoms with Crippen LogP contribution in [0.15, 0.2) is 0 Å². The molecule has 1 aliphatic rings. The van der Waals surface area contributed by atoms with Crippen LogP contribution in [0.3, 0.4) is 0 Å². The van der Waals surface area contributed by atoms with Gasteiger partial charge in [-0.1, -0.05) is 26.2 Å². The highest BCUT2D eigenvalue weighted by molar-refractivity contribution is 4.48. The number of hydrogen-bond donors (Lipinski definition) is 0. The summed E-state index contributed by atoms with van der Waals surface area (Å²) in [6, 6.07) is 0. The Morgan fingerprint density at radius 3 is 2.29 bits per heavy atom. The van der Waals surface area contributed by atoms with E-state index in [1.165, 1.54) is 56.2 Å². The predicted molar refractivity (Wildman–Crippen MR) is 60.4 cm³/mol. The number of hydrogen-bond acceptors (Lipinski definition) is 1. The fourth-order valence-corrected chi connectivity index (χ4v) is 2.10. The van der Waals surface area contributed by atoms with Crippen molar-refractivity contribution < 1.29 is 9.22 Å². The topological polar surface area (TPSA) is 9.23 Å². The van der Waals surface area contributed by atoms with E-state index in [1.807, 2.05) is 0 Å². The van der Waals surface area contributed by atoms with E-state index in [-0.39, 0.29) is 0 Å². The normalized spacial score (nSPS) is 21.0. The highest BCUT2D eigenvalue weighted by Gasteiger charge is 2.23. The Labute approximate surface area is 88.8 Å². The summed E-state index contributed by atoms with van der Waals surface area (Å²) in [6.07, 6.45) is 7.00. The molecule has 1 saturated heterocycles. The summed E-state index contributed by atoms with van der Waals surface area (Å²) < 4.78 is 6.64. The molecule has 1 heterocycles. The Morgan fingerprint density at radius 2 is 1.64 bits per heavy atom. The molecule has 0 saturated carbocycles. The maximum absolute atomic E-state index is 5.39. The second-order valence-electron chi connectivity index (χ2n) is 4.82. The molecule has 0 atom stereocenters. The Morgan fingerprint density at radius 1 is 1.00 bits per heavy atom. The number of rotatable bonds is 6. The van der Waals surface area contributed by atoms with Crippen molar-refractivity contribution in [2.24, 2.45) is 0 Å². The lowest BCUT2D eigenvalue weighted by Crippen LogP contribution is -2.52. The van der Waals surface area contributed by atoms with E-state index in [0.717, 1.165) is 13.2 Å². The van der Waals surface area contributed by atoms with Crippen LogP contribution in [0.2, 0.25) is 0 Å². The fraction of sp³-hybridized carbons (Fsp3) is 1.00. The van der Waals surface area contributed by atoms with Gasteiger partial charge in [-0.3, -0.25) is 0 Å². The molecule has 0 aromatic rings. The Kier molecular flexibility index (Phi) is 5.49. The number of likely N-dealkylation sites (N-methyl/N-ethyl adjacent to an activating group) is 1. The summed E-state index contributed by atoms with van der Waals surface area (Å²) in [5.41, 5.74) is 0. The molecule has 14 heavy (non-hydrogen) atoms. The minimum Gasteiger partial charge on any atom is -0.370 e. The second-order valence-corrected chi connectivity index (χ2v) is 4.82. The molecule has 0 N–H and O–H groups in total. The lowest BCUT2D eigenvalue weighted by atomic mass is 10.1. The minimum absolute atomic E-state index is 0.964. The van der Waals surface area contributed by atoms with Crippen LogP contribution >= 0.6 is 0 Å². The molecule has 0 unspecified atom stereocenters. The molecule has 2 heteroatoms. The number of ether oxygens (including phenoxy) is 1. The van der Waals surface area contributed by atoms with Crippen LogP contribution < -0.4 is 0 Å². The van der Waals surface area contributed by atoms with Crippen LogP contribution in [-0.2, 0) is 4.74 Å². The maximum Gasteiger partial charge on any atom is 0.102 e. The van der Waals surface area contributed by atoms with E-state index in [1.54, 1.807) is 0 Å². The quantitative estimate of drug-likeness (QED) is 0.473. The van der Waals surface area contributed by atoms with Crippen LogP contribution in [-0.4, -0.2) is 44.4 Å². The molecule has 1 aliphatic heterocycles. The third-order valence-electron chi connectivity index (χ3n) is 3.35. The van der Waals surface area contributed by atoms with Crippen molar-refractivity contribution in [2.75, 3.05) is 39.9 Å². The van der Waals surface area contributed by atoms with Crippen LogP contribution in [0.4, 0.5) is 0 Å². The van der Waals surface area contributed by atoms with Gasteiger partial charge in [-0.25, -0.2) is 0 Å². The van der Waals surface area contributed by atoms with E-state index in [0.29, 0.717) is 0 Å². The highest BCUT2D eigenvalue weighted by Crippen LogP contribution is 2.11. The zero-order chi connectivity index (χ0) is 10.3. The predicted octanol–water partition coefficient (Wildman–Crippen LogP) is 2.43. The largest absolute Gasteiger partial charge is 0.370 e. The van der Waals surface area contributed by atoms with Gasteiger partial charge in [0.2, 0.25) is 0 Å². The molecule has 0 spiro atoms. The molecule has 0 radical (unpaired) electrons. The molecule has 0 aromatic heterocycles. The molecular weight excluding hydrogens is 174 g/mol. The molecule has 84 valence electrons. The molecule has 1 rings (SSSR count). The molecule has 0 aromatic carbocycles. The lowest BCUT2D eigenvalue weighted by Gasteiger charge is -2.37. The average Bonchev–Trinajstić information content (AvgIpc) is 2.18. The SMILES string of the molecule is CCCCCCC[N+]1(C)CCOCC1. The first-order valence-corrected chi connectivity index (χ1v) is 6.18. The van der Waals surface area contributed by atoms with Crippen molar-refractivity contribution in [1.29, 1.82) is 0 Å². The van der Waals surface area contributed by atoms with Crippen molar-refractivity contribution in [3.8, 4) is 0 Å². The molecular formula is C12H26NO+. The highest BCUT2D eigenvalue weighted by atomic mass is 16.5. The Hall–Kier alpha value is -0.0800. The number of unbranched alkanes of at least 4 members (excludes halogenated alkanes) is 4. The van der Waals surface area contributed by atoms with Gasteiger partial charge in [0.25, 0.3) is 0 Å². The van der Waals surface area contributed by atoms with Crippen LogP contribution in [0.5, 0.6) is 0 Å². The van der Waals surface area contributed by atoms with E-state index in [2.05, 4.69) is 14.0 Å². The van der Waals surface area contributed by atoms with Crippen molar-refractivity contribution in [3.05, 3.63) is 0 Å². The Bertz CT molecular complexity index is 141. The first kappa shape index (κ1) is 12.0. The number of morpholine rings is 1. The van der Waals surface area contributed by atoms with Gasteiger partial charge in [0, 0.05) is 0 Å². The molecule has 0 amide bonds. The van der Waals surface area contributed by atoms with Gasteiger partial charge in [0.1, 0.15) is 13.1 Å². The van der Waals surface area contributed by atoms with E-state index in [9.17, 15) is 0 Å². The third kappa shape index (κ3) is 4.43. The minimum atomic E-state index is 0.964. The van der Waals surface area contributed by atoms with Crippen LogP contribution in [0, 0.1) is 0 Å². The zero-order valence-electron chi connectivity index (χ0n) is 9.93. The maximum atomic E-state index is 5.39. The van der Waals surface area contributed by atoms with E-state index in [4.69, 9.17) is 4.74 Å². The van der Waals surface area contributed by atoms with Crippen molar-refractivity contribution >= 4 is 0 Å². The van der Waals surface area contributed by atoms with Gasteiger partial charge >= 0.3 is 0 Å². The van der Waals surface area contributed by atoms with E-state index < -0.39 is 0 Å². The molecule has 2 nitrogen and oxygen atoms in total. The van der Waals surface area contributed by atoms with Gasteiger partial charge in [0.15, 0.2) is 0 Å². The zero-order valence-corrected chi connectivity index (χ0v) is 9.93. The molecule has 0 aliphatic carbocycles. The first-order chi connectivity index (χ1) is 6.77. The number of nitrogens with zero attached hydrogens (tertiary/aromatic N) is 1. The second kappa shape index (κ2) is 6.41. The summed E-state index contributed by atoms with van der Waals surface area (Å²) in [5.74, 6) is 0. The summed E-state index contributed by atoms with van der Waals surface area (Å²) in [4.78, 5) is 0. The fourth-order valence-electron chi connectivity index (χ4n) is 2.10. The summed E-state index contributed by atoms with van der Waals surface area (Å²) in [5, 5.41) is 0. The summed E-state index contributed by atoms with van der Waals surface area (Å²) in [6.45, 7) is 7.99. The molecule has 1 fully saturated rings.